The standard InChI is InChI=1S/C18H20FN3O3/c1-9-10(2)22(19)16-14(17(20)23)7-6-13(15(9)16)11-4-3-5-12(8-11)21-18(24)25/h4,6-7,12,21H,3,5,8H2,1-2H3,(H2,20,23)(H,24,25)/t12-/m0/s1. The molecule has 1 atom stereocenters. The largest absolute Gasteiger partial charge is 0.465 e. The summed E-state index contributed by atoms with van der Waals surface area (Å²) in [5, 5.41) is 12.1. The normalized spacial score (nSPS) is 17.4. The Morgan fingerprint density at radius 3 is 2.72 bits per heavy atom. The number of carbonyl (C=O) groups is 2. The number of nitrogens with two attached hydrogens (primary N) is 1. The van der Waals surface area contributed by atoms with E-state index < -0.39 is 12.0 Å². The van der Waals surface area contributed by atoms with Gasteiger partial charge in [-0.15, -0.1) is 0 Å². The zero-order valence-corrected chi connectivity index (χ0v) is 14.1. The second-order valence-corrected chi connectivity index (χ2v) is 6.40. The lowest BCUT2D eigenvalue weighted by Gasteiger charge is -2.23. The molecular formula is C18H20FN3O3. The monoisotopic (exact) mass is 345 g/mol. The summed E-state index contributed by atoms with van der Waals surface area (Å²) in [5.74, 6) is -0.684. The van der Waals surface area contributed by atoms with Gasteiger partial charge in [0.2, 0.25) is 0 Å². The molecule has 25 heavy (non-hydrogen) atoms. The van der Waals surface area contributed by atoms with Crippen LogP contribution in [-0.4, -0.2) is 27.9 Å². The Morgan fingerprint density at radius 2 is 2.08 bits per heavy atom. The fourth-order valence-corrected chi connectivity index (χ4v) is 3.56. The van der Waals surface area contributed by atoms with E-state index in [4.69, 9.17) is 10.8 Å². The maximum atomic E-state index is 14.6. The van der Waals surface area contributed by atoms with Crippen LogP contribution < -0.4 is 11.1 Å². The molecular weight excluding hydrogens is 325 g/mol. The van der Waals surface area contributed by atoms with Crippen LogP contribution in [0.25, 0.3) is 16.5 Å². The van der Waals surface area contributed by atoms with Gasteiger partial charge in [0.25, 0.3) is 5.91 Å². The molecule has 1 aromatic carbocycles. The summed E-state index contributed by atoms with van der Waals surface area (Å²) in [5.41, 5.74) is 8.63. The van der Waals surface area contributed by atoms with Gasteiger partial charge in [-0.2, -0.15) is 4.79 Å². The molecule has 0 spiro atoms. The average Bonchev–Trinajstić information content (AvgIpc) is 2.79. The van der Waals surface area contributed by atoms with Crippen molar-refractivity contribution >= 4 is 28.5 Å². The lowest BCUT2D eigenvalue weighted by Crippen LogP contribution is -2.34. The number of benzene rings is 1. The topological polar surface area (TPSA) is 97.4 Å². The van der Waals surface area contributed by atoms with Gasteiger partial charge in [-0.25, -0.2) is 4.79 Å². The molecule has 1 aliphatic rings. The summed E-state index contributed by atoms with van der Waals surface area (Å²) in [6.07, 6.45) is 2.97. The van der Waals surface area contributed by atoms with Crippen LogP contribution >= 0.6 is 0 Å². The number of amides is 2. The van der Waals surface area contributed by atoms with Crippen molar-refractivity contribution in [1.29, 1.82) is 0 Å². The number of fused-ring (bicyclic) bond motifs is 1. The number of carboxylic acid groups (broad SMARTS) is 1. The molecule has 0 radical (unpaired) electrons. The predicted octanol–water partition coefficient (Wildman–Crippen LogP) is 3.29. The summed E-state index contributed by atoms with van der Waals surface area (Å²) in [4.78, 5) is 23.1. The highest BCUT2D eigenvalue weighted by atomic mass is 19.2. The first kappa shape index (κ1) is 17.0. The van der Waals surface area contributed by atoms with Crippen LogP contribution in [0.4, 0.5) is 9.28 Å². The Balaban J connectivity index is 2.16. The number of nitrogens with zero attached hydrogens (tertiary/aromatic N) is 1. The number of carbonyl (C=O) groups excluding carboxylic acids is 1. The maximum Gasteiger partial charge on any atom is 0.404 e. The summed E-state index contributed by atoms with van der Waals surface area (Å²) < 4.78 is 14.6. The van der Waals surface area contributed by atoms with E-state index in [1.54, 1.807) is 19.9 Å². The fraction of sp³-hybridized carbons (Fsp3) is 0.333. The zero-order valence-electron chi connectivity index (χ0n) is 14.1. The van der Waals surface area contributed by atoms with Crippen molar-refractivity contribution in [1.82, 2.24) is 10.1 Å². The SMILES string of the molecule is Cc1c(C)n(F)c2c(C(N)=O)ccc(C3=CCC[C@H](NC(=O)O)C3)c12. The minimum atomic E-state index is -1.05. The Bertz CT molecular complexity index is 914. The van der Waals surface area contributed by atoms with Crippen molar-refractivity contribution in [2.45, 2.75) is 39.2 Å². The highest BCUT2D eigenvalue weighted by Gasteiger charge is 2.24. The molecule has 132 valence electrons. The van der Waals surface area contributed by atoms with E-state index in [-0.39, 0.29) is 17.1 Å². The molecule has 1 aliphatic carbocycles. The first-order chi connectivity index (χ1) is 11.8. The second-order valence-electron chi connectivity index (χ2n) is 6.40. The molecule has 1 heterocycles. The minimum absolute atomic E-state index is 0.133. The number of rotatable bonds is 3. The van der Waals surface area contributed by atoms with E-state index in [1.165, 1.54) is 6.07 Å². The third kappa shape index (κ3) is 2.86. The molecule has 6 nitrogen and oxygen atoms in total. The minimum Gasteiger partial charge on any atom is -0.465 e. The Hall–Kier alpha value is -2.83. The summed E-state index contributed by atoms with van der Waals surface area (Å²) in [7, 11) is 0. The van der Waals surface area contributed by atoms with E-state index in [0.29, 0.717) is 22.3 Å². The Labute approximate surface area is 144 Å². The second kappa shape index (κ2) is 6.23. The number of hydrogen-bond acceptors (Lipinski definition) is 2. The lowest BCUT2D eigenvalue weighted by atomic mass is 9.87. The number of aromatic nitrogens is 1. The molecule has 0 fully saturated rings. The number of allylic oxidation sites excluding steroid dienone is 1. The first-order valence-electron chi connectivity index (χ1n) is 8.10. The molecule has 0 saturated carbocycles. The van der Waals surface area contributed by atoms with Crippen LogP contribution in [0.2, 0.25) is 0 Å². The molecule has 4 N–H and O–H groups in total. The number of aryl methyl sites for hydroxylation is 1. The molecule has 2 aromatic rings. The van der Waals surface area contributed by atoms with Gasteiger partial charge in [0, 0.05) is 11.4 Å². The van der Waals surface area contributed by atoms with E-state index in [0.717, 1.165) is 29.5 Å². The molecule has 3 rings (SSSR count). The number of primary amides is 1. The molecule has 0 saturated heterocycles. The highest BCUT2D eigenvalue weighted by Crippen LogP contribution is 2.37. The Kier molecular flexibility index (Phi) is 4.24. The van der Waals surface area contributed by atoms with Gasteiger partial charge in [0.15, 0.2) is 0 Å². The van der Waals surface area contributed by atoms with Crippen LogP contribution in [0, 0.1) is 13.8 Å². The van der Waals surface area contributed by atoms with E-state index >= 15 is 0 Å². The first-order valence-corrected chi connectivity index (χ1v) is 8.10. The van der Waals surface area contributed by atoms with Gasteiger partial charge in [0.05, 0.1) is 16.8 Å². The molecule has 2 amide bonds. The fourth-order valence-electron chi connectivity index (χ4n) is 3.56. The van der Waals surface area contributed by atoms with Crippen LogP contribution in [-0.2, 0) is 0 Å². The predicted molar refractivity (Wildman–Crippen MR) is 93.2 cm³/mol. The van der Waals surface area contributed by atoms with Gasteiger partial charge in [-0.3, -0.25) is 4.79 Å². The molecule has 1 aromatic heterocycles. The van der Waals surface area contributed by atoms with Crippen molar-refractivity contribution in [3.8, 4) is 0 Å². The summed E-state index contributed by atoms with van der Waals surface area (Å²) in [6, 6.07) is 3.12. The maximum absolute atomic E-state index is 14.6. The van der Waals surface area contributed by atoms with Crippen LogP contribution in [0.1, 0.15) is 46.4 Å². The molecule has 7 heteroatoms. The van der Waals surface area contributed by atoms with Crippen LogP contribution in [0.15, 0.2) is 18.2 Å². The van der Waals surface area contributed by atoms with E-state index in [2.05, 4.69) is 5.32 Å². The Morgan fingerprint density at radius 1 is 1.36 bits per heavy atom. The smallest absolute Gasteiger partial charge is 0.404 e. The average molecular weight is 345 g/mol. The zero-order chi connectivity index (χ0) is 18.3. The van der Waals surface area contributed by atoms with E-state index in [1.807, 2.05) is 6.08 Å². The summed E-state index contributed by atoms with van der Waals surface area (Å²) in [6.45, 7) is 3.45. The third-order valence-electron chi connectivity index (χ3n) is 4.90. The van der Waals surface area contributed by atoms with E-state index in [9.17, 15) is 14.1 Å². The van der Waals surface area contributed by atoms with Gasteiger partial charge >= 0.3 is 6.09 Å². The van der Waals surface area contributed by atoms with Crippen LogP contribution in [0.5, 0.6) is 0 Å². The molecule has 0 aliphatic heterocycles. The van der Waals surface area contributed by atoms with Crippen molar-refractivity contribution in [2.24, 2.45) is 5.73 Å². The lowest BCUT2D eigenvalue weighted by molar-refractivity contribution is 0.100. The summed E-state index contributed by atoms with van der Waals surface area (Å²) >= 11 is 0. The van der Waals surface area contributed by atoms with Crippen LogP contribution in [0.3, 0.4) is 0 Å². The van der Waals surface area contributed by atoms with Crippen molar-refractivity contribution in [3.63, 3.8) is 0 Å². The number of halogens is 1. The van der Waals surface area contributed by atoms with Gasteiger partial charge in [-0.1, -0.05) is 16.6 Å². The number of hydrogen-bond donors (Lipinski definition) is 3. The third-order valence-corrected chi connectivity index (χ3v) is 4.90. The highest BCUT2D eigenvalue weighted by molar-refractivity contribution is 6.09. The van der Waals surface area contributed by atoms with Crippen molar-refractivity contribution in [3.05, 3.63) is 40.6 Å². The van der Waals surface area contributed by atoms with Crippen molar-refractivity contribution < 1.29 is 19.2 Å². The van der Waals surface area contributed by atoms with Crippen molar-refractivity contribution in [2.75, 3.05) is 0 Å². The molecule has 0 unspecified atom stereocenters. The van der Waals surface area contributed by atoms with Gasteiger partial charge in [-0.05, 0) is 55.9 Å². The van der Waals surface area contributed by atoms with Gasteiger partial charge < -0.3 is 16.2 Å². The molecule has 0 bridgehead atoms. The quantitative estimate of drug-likeness (QED) is 0.796. The number of nitrogens with one attached hydrogen (secondary N) is 1. The van der Waals surface area contributed by atoms with Gasteiger partial charge in [0.1, 0.15) is 0 Å².